The predicted octanol–water partition coefficient (Wildman–Crippen LogP) is 2.36. The van der Waals surface area contributed by atoms with Crippen LogP contribution >= 0.6 is 11.8 Å². The molecule has 1 rings (SSSR count). The van der Waals surface area contributed by atoms with Gasteiger partial charge in [0.05, 0.1) is 0 Å². The molecule has 0 aliphatic rings. The van der Waals surface area contributed by atoms with E-state index >= 15 is 0 Å². The van der Waals surface area contributed by atoms with Gasteiger partial charge in [-0.2, -0.15) is 11.8 Å². The van der Waals surface area contributed by atoms with E-state index in [9.17, 15) is 12.8 Å². The van der Waals surface area contributed by atoms with Gasteiger partial charge in [0.25, 0.3) is 0 Å². The summed E-state index contributed by atoms with van der Waals surface area (Å²) in [6, 6.07) is 3.96. The van der Waals surface area contributed by atoms with Gasteiger partial charge in [-0.15, -0.1) is 0 Å². The van der Waals surface area contributed by atoms with Crippen molar-refractivity contribution in [3.05, 3.63) is 29.6 Å². The summed E-state index contributed by atoms with van der Waals surface area (Å²) in [4.78, 5) is -0.283. The first kappa shape index (κ1) is 18.4. The van der Waals surface area contributed by atoms with Gasteiger partial charge in [0.2, 0.25) is 10.0 Å². The van der Waals surface area contributed by atoms with Crippen LogP contribution in [0.25, 0.3) is 0 Å². The molecular formula is C14H23FN2O2S2. The van der Waals surface area contributed by atoms with E-state index < -0.39 is 15.8 Å². The van der Waals surface area contributed by atoms with Gasteiger partial charge < -0.3 is 5.32 Å². The molecule has 7 heteroatoms. The van der Waals surface area contributed by atoms with Gasteiger partial charge in [-0.25, -0.2) is 17.5 Å². The topological polar surface area (TPSA) is 58.2 Å². The quantitative estimate of drug-likeness (QED) is 0.728. The zero-order valence-electron chi connectivity index (χ0n) is 12.6. The van der Waals surface area contributed by atoms with E-state index in [0.29, 0.717) is 13.0 Å². The third-order valence-electron chi connectivity index (χ3n) is 2.98. The number of benzene rings is 1. The van der Waals surface area contributed by atoms with Crippen molar-refractivity contribution >= 4 is 21.8 Å². The average Bonchev–Trinajstić information content (AvgIpc) is 2.43. The van der Waals surface area contributed by atoms with Crippen molar-refractivity contribution in [1.29, 1.82) is 0 Å². The lowest BCUT2D eigenvalue weighted by molar-refractivity contribution is 0.539. The van der Waals surface area contributed by atoms with Gasteiger partial charge in [-0.3, -0.25) is 0 Å². The van der Waals surface area contributed by atoms with Gasteiger partial charge in [0, 0.05) is 12.6 Å². The van der Waals surface area contributed by atoms with E-state index in [-0.39, 0.29) is 10.9 Å². The van der Waals surface area contributed by atoms with Gasteiger partial charge in [0.1, 0.15) is 10.7 Å². The molecule has 120 valence electrons. The number of nitrogens with one attached hydrogen (secondary N) is 2. The van der Waals surface area contributed by atoms with E-state index in [1.807, 2.05) is 13.2 Å². The monoisotopic (exact) mass is 334 g/mol. The summed E-state index contributed by atoms with van der Waals surface area (Å²) >= 11 is 1.65. The molecule has 0 aromatic heterocycles. The molecule has 0 saturated heterocycles. The Kier molecular flexibility index (Phi) is 7.65. The minimum Gasteiger partial charge on any atom is -0.313 e. The summed E-state index contributed by atoms with van der Waals surface area (Å²) in [5.41, 5.74) is 0.746. The molecule has 0 aliphatic carbocycles. The van der Waals surface area contributed by atoms with E-state index in [0.717, 1.165) is 17.9 Å². The van der Waals surface area contributed by atoms with E-state index in [1.54, 1.807) is 24.8 Å². The first-order valence-electron chi connectivity index (χ1n) is 6.91. The Morgan fingerprint density at radius 3 is 2.71 bits per heavy atom. The minimum absolute atomic E-state index is 0.223. The second-order valence-electron chi connectivity index (χ2n) is 4.85. The maximum Gasteiger partial charge on any atom is 0.243 e. The van der Waals surface area contributed by atoms with Crippen molar-refractivity contribution in [2.45, 2.75) is 37.8 Å². The zero-order valence-corrected chi connectivity index (χ0v) is 14.3. The molecule has 1 aromatic carbocycles. The summed E-state index contributed by atoms with van der Waals surface area (Å²) in [7, 11) is -3.83. The lowest BCUT2D eigenvalue weighted by Gasteiger charge is -2.15. The standard InChI is InChI=1S/C14H23FN2O2S2/c1-4-16-10-12-5-6-13(15)14(9-12)21(18,19)17-11(2)7-8-20-3/h5-6,9,11,16-17H,4,7-8,10H2,1-3H3. The van der Waals surface area contributed by atoms with Crippen LogP contribution in [-0.4, -0.2) is 33.0 Å². The van der Waals surface area contributed by atoms with E-state index in [1.165, 1.54) is 12.1 Å². The number of thioether (sulfide) groups is 1. The van der Waals surface area contributed by atoms with Gasteiger partial charge in [0.15, 0.2) is 0 Å². The fourth-order valence-corrected chi connectivity index (χ4v) is 3.81. The largest absolute Gasteiger partial charge is 0.313 e. The highest BCUT2D eigenvalue weighted by molar-refractivity contribution is 7.98. The fraction of sp³-hybridized carbons (Fsp3) is 0.571. The Labute approximate surface area is 131 Å². The van der Waals surface area contributed by atoms with Crippen LogP contribution in [0.5, 0.6) is 0 Å². The van der Waals surface area contributed by atoms with Crippen molar-refractivity contribution < 1.29 is 12.8 Å². The van der Waals surface area contributed by atoms with Crippen LogP contribution in [0.15, 0.2) is 23.1 Å². The molecule has 4 nitrogen and oxygen atoms in total. The molecule has 0 radical (unpaired) electrons. The van der Waals surface area contributed by atoms with Gasteiger partial charge in [-0.1, -0.05) is 13.0 Å². The Hall–Kier alpha value is -0.630. The van der Waals surface area contributed by atoms with E-state index in [4.69, 9.17) is 0 Å². The number of halogens is 1. The second-order valence-corrected chi connectivity index (χ2v) is 7.52. The molecule has 0 bridgehead atoms. The predicted molar refractivity (Wildman–Crippen MR) is 86.6 cm³/mol. The second kappa shape index (κ2) is 8.73. The SMILES string of the molecule is CCNCc1ccc(F)c(S(=O)(=O)NC(C)CCSC)c1. The van der Waals surface area contributed by atoms with Gasteiger partial charge in [-0.05, 0) is 49.6 Å². The van der Waals surface area contributed by atoms with Crippen LogP contribution in [0.3, 0.4) is 0 Å². The molecule has 0 spiro atoms. The smallest absolute Gasteiger partial charge is 0.243 e. The number of hydrogen-bond acceptors (Lipinski definition) is 4. The fourth-order valence-electron chi connectivity index (χ4n) is 1.81. The van der Waals surface area contributed by atoms with Crippen molar-refractivity contribution in [1.82, 2.24) is 10.0 Å². The summed E-state index contributed by atoms with van der Waals surface area (Å²) in [6.45, 7) is 5.02. The molecule has 0 amide bonds. The van der Waals surface area contributed by atoms with Crippen LogP contribution in [-0.2, 0) is 16.6 Å². The third-order valence-corrected chi connectivity index (χ3v) is 5.22. The third kappa shape index (κ3) is 5.94. The molecule has 0 heterocycles. The Bertz CT molecular complexity index is 550. The lowest BCUT2D eigenvalue weighted by atomic mass is 10.2. The molecule has 1 unspecified atom stereocenters. The van der Waals surface area contributed by atoms with Gasteiger partial charge >= 0.3 is 0 Å². The normalized spacial score (nSPS) is 13.3. The highest BCUT2D eigenvalue weighted by Crippen LogP contribution is 2.17. The maximum atomic E-state index is 13.8. The molecule has 0 fully saturated rings. The highest BCUT2D eigenvalue weighted by Gasteiger charge is 2.21. The molecule has 0 aliphatic heterocycles. The van der Waals surface area contributed by atoms with Crippen molar-refractivity contribution in [3.8, 4) is 0 Å². The van der Waals surface area contributed by atoms with Crippen LogP contribution in [0.4, 0.5) is 4.39 Å². The number of rotatable bonds is 9. The van der Waals surface area contributed by atoms with Crippen LogP contribution in [0, 0.1) is 5.82 Å². The van der Waals surface area contributed by atoms with Crippen LogP contribution < -0.4 is 10.0 Å². The van der Waals surface area contributed by atoms with Crippen molar-refractivity contribution in [2.24, 2.45) is 0 Å². The summed E-state index contributed by atoms with van der Waals surface area (Å²) in [5, 5.41) is 3.09. The Morgan fingerprint density at radius 1 is 1.38 bits per heavy atom. The van der Waals surface area contributed by atoms with Crippen LogP contribution in [0.2, 0.25) is 0 Å². The number of hydrogen-bond donors (Lipinski definition) is 2. The molecule has 21 heavy (non-hydrogen) atoms. The first-order valence-corrected chi connectivity index (χ1v) is 9.78. The van der Waals surface area contributed by atoms with E-state index in [2.05, 4.69) is 10.0 Å². The molecule has 2 N–H and O–H groups in total. The zero-order chi connectivity index (χ0) is 15.9. The molecule has 1 aromatic rings. The minimum atomic E-state index is -3.83. The first-order chi connectivity index (χ1) is 9.90. The summed E-state index contributed by atoms with van der Waals surface area (Å²) < 4.78 is 40.9. The molecule has 1 atom stereocenters. The molecular weight excluding hydrogens is 311 g/mol. The maximum absolute atomic E-state index is 13.8. The van der Waals surface area contributed by atoms with Crippen LogP contribution in [0.1, 0.15) is 25.8 Å². The van der Waals surface area contributed by atoms with Crippen molar-refractivity contribution in [3.63, 3.8) is 0 Å². The average molecular weight is 334 g/mol. The Balaban J connectivity index is 2.90. The lowest BCUT2D eigenvalue weighted by Crippen LogP contribution is -2.33. The summed E-state index contributed by atoms with van der Waals surface area (Å²) in [6.07, 6.45) is 2.67. The highest BCUT2D eigenvalue weighted by atomic mass is 32.2. The molecule has 0 saturated carbocycles. The Morgan fingerprint density at radius 2 is 2.10 bits per heavy atom. The van der Waals surface area contributed by atoms with Crippen molar-refractivity contribution in [2.75, 3.05) is 18.6 Å². The number of sulfonamides is 1. The summed E-state index contributed by atoms with van der Waals surface area (Å²) in [5.74, 6) is 0.131.